The average Bonchev–Trinajstić information content (AvgIpc) is 2.95. The first-order valence-corrected chi connectivity index (χ1v) is 8.38. The summed E-state index contributed by atoms with van der Waals surface area (Å²) in [5.74, 6) is -0.440. The molecule has 5 heteroatoms. The summed E-state index contributed by atoms with van der Waals surface area (Å²) in [5, 5.41) is 19.7. The first-order valence-electron chi connectivity index (χ1n) is 8.38. The molecule has 1 atom stereocenters. The number of nitrogens with zero attached hydrogens (tertiary/aromatic N) is 3. The van der Waals surface area contributed by atoms with Gasteiger partial charge in [-0.15, -0.1) is 0 Å². The summed E-state index contributed by atoms with van der Waals surface area (Å²) in [4.78, 5) is 3.95. The summed E-state index contributed by atoms with van der Waals surface area (Å²) < 4.78 is 14.2. The number of benzene rings is 2. The van der Waals surface area contributed by atoms with Gasteiger partial charge < -0.3 is 10.0 Å². The molecule has 130 valence electrons. The molecule has 1 aliphatic rings. The van der Waals surface area contributed by atoms with E-state index in [1.54, 1.807) is 24.1 Å². The van der Waals surface area contributed by atoms with Crippen molar-refractivity contribution in [3.8, 4) is 6.07 Å². The molecule has 1 N–H and O–H groups in total. The van der Waals surface area contributed by atoms with Crippen LogP contribution in [-0.4, -0.2) is 42.3 Å². The minimum atomic E-state index is -0.871. The van der Waals surface area contributed by atoms with Crippen molar-refractivity contribution in [1.82, 2.24) is 4.90 Å². The third-order valence-corrected chi connectivity index (χ3v) is 4.68. The highest BCUT2D eigenvalue weighted by atomic mass is 19.1. The zero-order chi connectivity index (χ0) is 17.9. The van der Waals surface area contributed by atoms with Crippen LogP contribution in [0.4, 0.5) is 10.1 Å². The summed E-state index contributed by atoms with van der Waals surface area (Å²) in [6.45, 7) is 2.53. The molecular weight excluding hydrogens is 317 g/mol. The van der Waals surface area contributed by atoms with Crippen molar-refractivity contribution in [3.05, 3.63) is 65.5 Å². The first kappa shape index (κ1) is 17.4. The molecule has 1 aliphatic heterocycles. The molecular formula is C20H22FN3O. The van der Waals surface area contributed by atoms with E-state index < -0.39 is 11.4 Å². The maximum absolute atomic E-state index is 14.2. The van der Waals surface area contributed by atoms with Crippen molar-refractivity contribution in [3.63, 3.8) is 0 Å². The molecule has 1 saturated heterocycles. The normalized spacial score (nSPS) is 20.4. The van der Waals surface area contributed by atoms with Crippen LogP contribution in [0.25, 0.3) is 0 Å². The predicted molar refractivity (Wildman–Crippen MR) is 95.7 cm³/mol. The number of anilines is 1. The Morgan fingerprint density at radius 2 is 2.04 bits per heavy atom. The second-order valence-electron chi connectivity index (χ2n) is 6.80. The van der Waals surface area contributed by atoms with Crippen molar-refractivity contribution in [2.24, 2.45) is 0 Å². The zero-order valence-electron chi connectivity index (χ0n) is 14.3. The Hall–Kier alpha value is -2.42. The fourth-order valence-corrected chi connectivity index (χ4v) is 3.46. The van der Waals surface area contributed by atoms with Gasteiger partial charge in [-0.1, -0.05) is 30.3 Å². The van der Waals surface area contributed by atoms with Crippen molar-refractivity contribution in [2.75, 3.05) is 31.6 Å². The van der Waals surface area contributed by atoms with E-state index in [0.29, 0.717) is 30.8 Å². The Morgan fingerprint density at radius 1 is 1.28 bits per heavy atom. The van der Waals surface area contributed by atoms with Gasteiger partial charge in [0.15, 0.2) is 0 Å². The van der Waals surface area contributed by atoms with Crippen LogP contribution < -0.4 is 4.90 Å². The van der Waals surface area contributed by atoms with E-state index >= 15 is 0 Å². The molecule has 0 radical (unpaired) electrons. The third kappa shape index (κ3) is 4.16. The van der Waals surface area contributed by atoms with Gasteiger partial charge in [-0.05, 0) is 30.2 Å². The monoisotopic (exact) mass is 339 g/mol. The maximum atomic E-state index is 14.2. The van der Waals surface area contributed by atoms with Gasteiger partial charge in [-0.3, -0.25) is 4.90 Å². The summed E-state index contributed by atoms with van der Waals surface area (Å²) in [6.07, 6.45) is 0.655. The minimum Gasteiger partial charge on any atom is -0.387 e. The van der Waals surface area contributed by atoms with Crippen LogP contribution in [0.3, 0.4) is 0 Å². The van der Waals surface area contributed by atoms with Crippen LogP contribution >= 0.6 is 0 Å². The number of hydrogen-bond donors (Lipinski definition) is 1. The van der Waals surface area contributed by atoms with Crippen LogP contribution in [0, 0.1) is 17.1 Å². The van der Waals surface area contributed by atoms with Gasteiger partial charge >= 0.3 is 0 Å². The van der Waals surface area contributed by atoms with Crippen LogP contribution in [0.15, 0.2) is 48.5 Å². The van der Waals surface area contributed by atoms with E-state index in [1.807, 2.05) is 24.3 Å². The highest BCUT2D eigenvalue weighted by Gasteiger charge is 2.37. The Balaban J connectivity index is 1.63. The molecule has 3 rings (SSSR count). The Morgan fingerprint density at radius 3 is 2.72 bits per heavy atom. The van der Waals surface area contributed by atoms with Gasteiger partial charge in [-0.2, -0.15) is 5.26 Å². The number of likely N-dealkylation sites (tertiary alicyclic amines) is 1. The fraction of sp³-hybridized carbons (Fsp3) is 0.350. The standard InChI is InChI=1S/C20H22FN3O/c1-23(19-8-7-17(12-22)11-18(19)21)14-20(25)9-10-24(15-20)13-16-5-3-2-4-6-16/h2-8,11,25H,9-10,13-15H2,1H3. The van der Waals surface area contributed by atoms with Crippen molar-refractivity contribution in [2.45, 2.75) is 18.6 Å². The second-order valence-corrected chi connectivity index (χ2v) is 6.80. The number of halogens is 1. The maximum Gasteiger partial charge on any atom is 0.147 e. The van der Waals surface area contributed by atoms with Gasteiger partial charge in [0.05, 0.1) is 22.9 Å². The number of aliphatic hydroxyl groups is 1. The third-order valence-electron chi connectivity index (χ3n) is 4.68. The molecule has 0 spiro atoms. The smallest absolute Gasteiger partial charge is 0.147 e. The molecule has 25 heavy (non-hydrogen) atoms. The molecule has 2 aromatic carbocycles. The lowest BCUT2D eigenvalue weighted by Crippen LogP contribution is -2.44. The van der Waals surface area contributed by atoms with Crippen molar-refractivity contribution >= 4 is 5.69 Å². The second kappa shape index (κ2) is 7.22. The summed E-state index contributed by atoms with van der Waals surface area (Å²) >= 11 is 0. The zero-order valence-corrected chi connectivity index (χ0v) is 14.3. The van der Waals surface area contributed by atoms with Crippen molar-refractivity contribution < 1.29 is 9.50 Å². The van der Waals surface area contributed by atoms with Gasteiger partial charge in [0.1, 0.15) is 5.82 Å². The number of rotatable bonds is 5. The molecule has 0 bridgehead atoms. The summed E-state index contributed by atoms with van der Waals surface area (Å²) in [6, 6.07) is 16.5. The number of β-amino-alcohol motifs (C(OH)–C–C–N with tert-alkyl or cyclic N) is 1. The lowest BCUT2D eigenvalue weighted by atomic mass is 10.0. The molecule has 1 fully saturated rings. The van der Waals surface area contributed by atoms with Gasteiger partial charge in [-0.25, -0.2) is 4.39 Å². The van der Waals surface area contributed by atoms with Gasteiger partial charge in [0.25, 0.3) is 0 Å². The lowest BCUT2D eigenvalue weighted by Gasteiger charge is -2.30. The molecule has 0 amide bonds. The number of nitriles is 1. The quantitative estimate of drug-likeness (QED) is 0.910. The molecule has 2 aromatic rings. The largest absolute Gasteiger partial charge is 0.387 e. The van der Waals surface area contributed by atoms with Crippen LogP contribution in [0.2, 0.25) is 0 Å². The molecule has 0 aliphatic carbocycles. The summed E-state index contributed by atoms with van der Waals surface area (Å²) in [5.41, 5.74) is 1.04. The predicted octanol–water partition coefficient (Wildman–Crippen LogP) is 2.77. The highest BCUT2D eigenvalue weighted by Crippen LogP contribution is 2.27. The highest BCUT2D eigenvalue weighted by molar-refractivity contribution is 5.51. The molecule has 4 nitrogen and oxygen atoms in total. The molecule has 1 unspecified atom stereocenters. The average molecular weight is 339 g/mol. The van der Waals surface area contributed by atoms with Crippen LogP contribution in [-0.2, 0) is 6.54 Å². The number of likely N-dealkylation sites (N-methyl/N-ethyl adjacent to an activating group) is 1. The van der Waals surface area contributed by atoms with Crippen LogP contribution in [0.5, 0.6) is 0 Å². The molecule has 1 heterocycles. The Labute approximate surface area is 147 Å². The van der Waals surface area contributed by atoms with E-state index in [9.17, 15) is 9.50 Å². The van der Waals surface area contributed by atoms with E-state index in [0.717, 1.165) is 13.1 Å². The topological polar surface area (TPSA) is 50.5 Å². The molecule has 0 aromatic heterocycles. The number of hydrogen-bond acceptors (Lipinski definition) is 4. The van der Waals surface area contributed by atoms with Gasteiger partial charge in [0, 0.05) is 33.2 Å². The fourth-order valence-electron chi connectivity index (χ4n) is 3.46. The van der Waals surface area contributed by atoms with E-state index in [2.05, 4.69) is 17.0 Å². The lowest BCUT2D eigenvalue weighted by molar-refractivity contribution is 0.0561. The van der Waals surface area contributed by atoms with Crippen molar-refractivity contribution in [1.29, 1.82) is 5.26 Å². The van der Waals surface area contributed by atoms with Gasteiger partial charge in [0.2, 0.25) is 0 Å². The van der Waals surface area contributed by atoms with E-state index in [-0.39, 0.29) is 0 Å². The first-order chi connectivity index (χ1) is 12.0. The van der Waals surface area contributed by atoms with Crippen LogP contribution in [0.1, 0.15) is 17.5 Å². The van der Waals surface area contributed by atoms with E-state index in [4.69, 9.17) is 5.26 Å². The molecule has 0 saturated carbocycles. The SMILES string of the molecule is CN(CC1(O)CCN(Cc2ccccc2)C1)c1ccc(C#N)cc1F. The Bertz CT molecular complexity index is 774. The van der Waals surface area contributed by atoms with E-state index in [1.165, 1.54) is 11.6 Å². The minimum absolute atomic E-state index is 0.295. The summed E-state index contributed by atoms with van der Waals surface area (Å²) in [7, 11) is 1.77. The Kier molecular flexibility index (Phi) is 5.03.